The van der Waals surface area contributed by atoms with Crippen LogP contribution in [0.1, 0.15) is 17.5 Å². The maximum atomic E-state index is 13.1. The molecular weight excluding hydrogens is 247 g/mol. The van der Waals surface area contributed by atoms with E-state index in [1.165, 1.54) is 12.1 Å². The summed E-state index contributed by atoms with van der Waals surface area (Å²) in [7, 11) is 0. The highest BCUT2D eigenvalue weighted by Crippen LogP contribution is 2.22. The summed E-state index contributed by atoms with van der Waals surface area (Å²) in [6.45, 7) is 4.21. The van der Waals surface area contributed by atoms with E-state index in [1.807, 2.05) is 6.92 Å². The van der Waals surface area contributed by atoms with Gasteiger partial charge in [0.1, 0.15) is 11.4 Å². The molecule has 0 saturated carbocycles. The van der Waals surface area contributed by atoms with E-state index < -0.39 is 0 Å². The van der Waals surface area contributed by atoms with Crippen LogP contribution in [0.2, 0.25) is 0 Å². The molecule has 1 aromatic carbocycles. The van der Waals surface area contributed by atoms with Gasteiger partial charge in [0.25, 0.3) is 5.91 Å². The van der Waals surface area contributed by atoms with Crippen molar-refractivity contribution in [3.05, 3.63) is 35.8 Å². The van der Waals surface area contributed by atoms with E-state index in [0.717, 1.165) is 13.1 Å². The van der Waals surface area contributed by atoms with Gasteiger partial charge in [-0.05, 0) is 31.2 Å². The summed E-state index contributed by atoms with van der Waals surface area (Å²) in [4.78, 5) is 14.2. The first-order chi connectivity index (χ1) is 9.15. The van der Waals surface area contributed by atoms with E-state index in [1.54, 1.807) is 17.0 Å². The number of halogens is 1. The second kappa shape index (κ2) is 4.66. The number of benzene rings is 1. The molecule has 3 rings (SSSR count). The van der Waals surface area contributed by atoms with Crippen molar-refractivity contribution >= 4 is 16.9 Å². The molecule has 0 bridgehead atoms. The van der Waals surface area contributed by atoms with Crippen LogP contribution < -0.4 is 5.32 Å². The minimum atomic E-state index is -0.331. The summed E-state index contributed by atoms with van der Waals surface area (Å²) < 4.78 is 18.6. The SMILES string of the molecule is C[C@H]1CNCCN1C(=O)c1cc2cc(F)ccc2o1. The third-order valence-corrected chi connectivity index (χ3v) is 3.45. The second-order valence-electron chi connectivity index (χ2n) is 4.84. The Morgan fingerprint density at radius 3 is 3.11 bits per heavy atom. The summed E-state index contributed by atoms with van der Waals surface area (Å²) in [5, 5.41) is 3.85. The average molecular weight is 262 g/mol. The van der Waals surface area contributed by atoms with E-state index in [9.17, 15) is 9.18 Å². The quantitative estimate of drug-likeness (QED) is 0.855. The topological polar surface area (TPSA) is 45.5 Å². The van der Waals surface area contributed by atoms with Gasteiger partial charge in [-0.15, -0.1) is 0 Å². The molecule has 1 N–H and O–H groups in total. The van der Waals surface area contributed by atoms with Crippen molar-refractivity contribution in [2.45, 2.75) is 13.0 Å². The van der Waals surface area contributed by atoms with E-state index in [4.69, 9.17) is 4.42 Å². The minimum Gasteiger partial charge on any atom is -0.451 e. The summed E-state index contributed by atoms with van der Waals surface area (Å²) >= 11 is 0. The molecule has 0 unspecified atom stereocenters. The lowest BCUT2D eigenvalue weighted by Gasteiger charge is -2.33. The molecule has 2 aromatic rings. The molecule has 1 fully saturated rings. The number of furan rings is 1. The highest BCUT2D eigenvalue weighted by Gasteiger charge is 2.26. The molecule has 0 radical (unpaired) electrons. The zero-order valence-electron chi connectivity index (χ0n) is 10.6. The largest absolute Gasteiger partial charge is 0.451 e. The van der Waals surface area contributed by atoms with Gasteiger partial charge in [-0.1, -0.05) is 0 Å². The smallest absolute Gasteiger partial charge is 0.289 e. The van der Waals surface area contributed by atoms with Crippen molar-refractivity contribution in [2.24, 2.45) is 0 Å². The second-order valence-corrected chi connectivity index (χ2v) is 4.84. The van der Waals surface area contributed by atoms with Gasteiger partial charge in [-0.25, -0.2) is 4.39 Å². The van der Waals surface area contributed by atoms with Crippen LogP contribution in [0.3, 0.4) is 0 Å². The zero-order chi connectivity index (χ0) is 13.4. The first-order valence-electron chi connectivity index (χ1n) is 6.36. The molecule has 2 heterocycles. The number of carbonyl (C=O) groups excluding carboxylic acids is 1. The van der Waals surface area contributed by atoms with E-state index in [0.29, 0.717) is 17.5 Å². The molecule has 5 heteroatoms. The monoisotopic (exact) mass is 262 g/mol. The first-order valence-corrected chi connectivity index (χ1v) is 6.36. The molecule has 19 heavy (non-hydrogen) atoms. The Morgan fingerprint density at radius 2 is 2.32 bits per heavy atom. The zero-order valence-corrected chi connectivity index (χ0v) is 10.6. The van der Waals surface area contributed by atoms with Crippen molar-refractivity contribution in [2.75, 3.05) is 19.6 Å². The van der Waals surface area contributed by atoms with Gasteiger partial charge in [-0.3, -0.25) is 4.79 Å². The van der Waals surface area contributed by atoms with Gasteiger partial charge >= 0.3 is 0 Å². The van der Waals surface area contributed by atoms with Gasteiger partial charge in [0, 0.05) is 31.1 Å². The van der Waals surface area contributed by atoms with E-state index >= 15 is 0 Å². The van der Waals surface area contributed by atoms with Gasteiger partial charge in [-0.2, -0.15) is 0 Å². The van der Waals surface area contributed by atoms with Crippen LogP contribution in [0.5, 0.6) is 0 Å². The van der Waals surface area contributed by atoms with Crippen LogP contribution in [-0.2, 0) is 0 Å². The van der Waals surface area contributed by atoms with E-state index in [2.05, 4.69) is 5.32 Å². The van der Waals surface area contributed by atoms with E-state index in [-0.39, 0.29) is 23.5 Å². The highest BCUT2D eigenvalue weighted by molar-refractivity contribution is 5.96. The molecule has 1 atom stereocenters. The molecule has 100 valence electrons. The number of hydrogen-bond acceptors (Lipinski definition) is 3. The number of nitrogens with zero attached hydrogens (tertiary/aromatic N) is 1. The highest BCUT2D eigenvalue weighted by atomic mass is 19.1. The number of amides is 1. The number of nitrogens with one attached hydrogen (secondary N) is 1. The van der Waals surface area contributed by atoms with Crippen molar-refractivity contribution in [1.82, 2.24) is 10.2 Å². The normalized spacial score (nSPS) is 19.9. The van der Waals surface area contributed by atoms with Gasteiger partial charge in [0.2, 0.25) is 0 Å². The number of fused-ring (bicyclic) bond motifs is 1. The lowest BCUT2D eigenvalue weighted by atomic mass is 10.2. The molecule has 4 nitrogen and oxygen atoms in total. The summed E-state index contributed by atoms with van der Waals surface area (Å²) in [5.41, 5.74) is 0.535. The van der Waals surface area contributed by atoms with Crippen LogP contribution in [0.4, 0.5) is 4.39 Å². The predicted molar refractivity (Wildman–Crippen MR) is 69.5 cm³/mol. The van der Waals surface area contributed by atoms with Crippen LogP contribution in [0, 0.1) is 5.82 Å². The Kier molecular flexibility index (Phi) is 2.98. The number of piperazine rings is 1. The minimum absolute atomic E-state index is 0.131. The molecule has 1 aliphatic rings. The Balaban J connectivity index is 1.92. The lowest BCUT2D eigenvalue weighted by molar-refractivity contribution is 0.0625. The molecule has 1 aromatic heterocycles. The maximum absolute atomic E-state index is 13.1. The fraction of sp³-hybridized carbons (Fsp3) is 0.357. The van der Waals surface area contributed by atoms with Crippen LogP contribution in [0.25, 0.3) is 11.0 Å². The van der Waals surface area contributed by atoms with Crippen LogP contribution in [-0.4, -0.2) is 36.5 Å². The van der Waals surface area contributed by atoms with Crippen molar-refractivity contribution < 1.29 is 13.6 Å². The number of hydrogen-bond donors (Lipinski definition) is 1. The van der Waals surface area contributed by atoms with Crippen molar-refractivity contribution in [3.63, 3.8) is 0 Å². The lowest BCUT2D eigenvalue weighted by Crippen LogP contribution is -2.52. The Hall–Kier alpha value is -1.88. The molecule has 1 amide bonds. The molecule has 1 aliphatic heterocycles. The van der Waals surface area contributed by atoms with Crippen LogP contribution in [0.15, 0.2) is 28.7 Å². The van der Waals surface area contributed by atoms with Crippen LogP contribution >= 0.6 is 0 Å². The van der Waals surface area contributed by atoms with Gasteiger partial charge in [0.15, 0.2) is 5.76 Å². The summed E-state index contributed by atoms with van der Waals surface area (Å²) in [6, 6.07) is 5.98. The first kappa shape index (κ1) is 12.2. The average Bonchev–Trinajstić information content (AvgIpc) is 2.81. The summed E-state index contributed by atoms with van der Waals surface area (Å²) in [6.07, 6.45) is 0. The van der Waals surface area contributed by atoms with Gasteiger partial charge in [0.05, 0.1) is 0 Å². The van der Waals surface area contributed by atoms with Gasteiger partial charge < -0.3 is 14.6 Å². The fourth-order valence-corrected chi connectivity index (χ4v) is 2.40. The number of rotatable bonds is 1. The predicted octanol–water partition coefficient (Wildman–Crippen LogP) is 2.01. The van der Waals surface area contributed by atoms with Crippen molar-refractivity contribution in [3.8, 4) is 0 Å². The third-order valence-electron chi connectivity index (χ3n) is 3.45. The maximum Gasteiger partial charge on any atom is 0.289 e. The summed E-state index contributed by atoms with van der Waals surface area (Å²) in [5.74, 6) is -0.192. The molecule has 0 aliphatic carbocycles. The number of carbonyl (C=O) groups is 1. The van der Waals surface area contributed by atoms with Crippen molar-refractivity contribution in [1.29, 1.82) is 0 Å². The molecular formula is C14H15FN2O2. The Morgan fingerprint density at radius 1 is 1.47 bits per heavy atom. The fourth-order valence-electron chi connectivity index (χ4n) is 2.40. The third kappa shape index (κ3) is 2.21. The molecule has 1 saturated heterocycles. The Bertz CT molecular complexity index is 623. The molecule has 0 spiro atoms. The Labute approximate surface area is 110 Å². The standard InChI is InChI=1S/C14H15FN2O2/c1-9-8-16-4-5-17(9)14(18)13-7-10-6-11(15)2-3-12(10)19-13/h2-3,6-7,9,16H,4-5,8H2,1H3/t9-/m0/s1.